The lowest BCUT2D eigenvalue weighted by Gasteiger charge is -2.34. The first kappa shape index (κ1) is 20.7. The lowest BCUT2D eigenvalue weighted by atomic mass is 9.92. The van der Waals surface area contributed by atoms with E-state index < -0.39 is 17.2 Å². The summed E-state index contributed by atoms with van der Waals surface area (Å²) in [6.07, 6.45) is 0.875. The number of nitrogens with one attached hydrogen (secondary N) is 1. The lowest BCUT2D eigenvalue weighted by Crippen LogP contribution is -2.38. The van der Waals surface area contributed by atoms with Crippen molar-refractivity contribution in [2.75, 3.05) is 13.6 Å². The maximum Gasteiger partial charge on any atom is 0.296 e. The standard InChI is InChI=1S/C23H23FN4O3/c1-27-12-11-15-5-3-4-6-17(15)19(27)21-26-18(20(29)23(31)28(21)2)22(30)25-13-14-7-9-16(24)10-8-14/h3-10,19,29H,11-13H2,1-2H3,(H,25,30). The summed E-state index contributed by atoms with van der Waals surface area (Å²) in [7, 11) is 3.48. The van der Waals surface area contributed by atoms with Crippen molar-refractivity contribution in [3.05, 3.63) is 92.9 Å². The van der Waals surface area contributed by atoms with Crippen LogP contribution < -0.4 is 10.9 Å². The van der Waals surface area contributed by atoms with Gasteiger partial charge in [0.25, 0.3) is 11.5 Å². The highest BCUT2D eigenvalue weighted by Crippen LogP contribution is 2.33. The first-order valence-corrected chi connectivity index (χ1v) is 9.97. The fraction of sp³-hybridized carbons (Fsp3) is 0.261. The number of nitrogens with zero attached hydrogens (tertiary/aromatic N) is 3. The Labute approximate surface area is 178 Å². The van der Waals surface area contributed by atoms with E-state index in [0.29, 0.717) is 11.4 Å². The summed E-state index contributed by atoms with van der Waals surface area (Å²) in [5.41, 5.74) is 1.85. The van der Waals surface area contributed by atoms with Crippen LogP contribution in [0.5, 0.6) is 5.75 Å². The van der Waals surface area contributed by atoms with Crippen molar-refractivity contribution in [2.24, 2.45) is 7.05 Å². The fourth-order valence-electron chi connectivity index (χ4n) is 3.91. The van der Waals surface area contributed by atoms with Gasteiger partial charge < -0.3 is 10.4 Å². The normalized spacial score (nSPS) is 16.0. The van der Waals surface area contributed by atoms with Crippen LogP contribution in [-0.2, 0) is 20.0 Å². The average molecular weight is 422 g/mol. The van der Waals surface area contributed by atoms with Gasteiger partial charge in [0.2, 0.25) is 5.75 Å². The van der Waals surface area contributed by atoms with E-state index >= 15 is 0 Å². The Morgan fingerprint density at radius 2 is 1.90 bits per heavy atom. The van der Waals surface area contributed by atoms with Crippen LogP contribution in [0, 0.1) is 5.82 Å². The second-order valence-corrected chi connectivity index (χ2v) is 7.67. The SMILES string of the molecule is CN1CCc2ccccc2C1c1nc(C(=O)NCc2ccc(F)cc2)c(O)c(=O)n1C. The molecule has 1 amide bonds. The third-order valence-corrected chi connectivity index (χ3v) is 5.65. The molecule has 160 valence electrons. The third kappa shape index (κ3) is 3.94. The van der Waals surface area contributed by atoms with E-state index in [1.165, 1.54) is 23.7 Å². The van der Waals surface area contributed by atoms with E-state index in [-0.39, 0.29) is 24.1 Å². The van der Waals surface area contributed by atoms with Crippen molar-refractivity contribution in [1.29, 1.82) is 0 Å². The number of carbonyl (C=O) groups excluding carboxylic acids is 1. The van der Waals surface area contributed by atoms with Crippen molar-refractivity contribution < 1.29 is 14.3 Å². The number of rotatable bonds is 4. The third-order valence-electron chi connectivity index (χ3n) is 5.65. The molecule has 1 aromatic heterocycles. The Balaban J connectivity index is 1.70. The molecule has 8 heteroatoms. The van der Waals surface area contributed by atoms with Crippen LogP contribution in [0.2, 0.25) is 0 Å². The molecule has 0 bridgehead atoms. The maximum absolute atomic E-state index is 13.1. The molecule has 4 rings (SSSR count). The van der Waals surface area contributed by atoms with E-state index in [0.717, 1.165) is 24.1 Å². The first-order chi connectivity index (χ1) is 14.9. The maximum atomic E-state index is 13.1. The van der Waals surface area contributed by atoms with E-state index in [1.54, 1.807) is 12.1 Å². The number of aromatic hydroxyl groups is 1. The van der Waals surface area contributed by atoms with Crippen LogP contribution in [0.3, 0.4) is 0 Å². The van der Waals surface area contributed by atoms with Gasteiger partial charge in [-0.25, -0.2) is 9.37 Å². The Hall–Kier alpha value is -3.52. The van der Waals surface area contributed by atoms with Gasteiger partial charge in [-0.1, -0.05) is 36.4 Å². The van der Waals surface area contributed by atoms with Crippen LogP contribution in [0.15, 0.2) is 53.3 Å². The number of halogens is 1. The minimum absolute atomic E-state index is 0.108. The van der Waals surface area contributed by atoms with Gasteiger partial charge in [0.1, 0.15) is 11.6 Å². The molecular formula is C23H23FN4O3. The fourth-order valence-corrected chi connectivity index (χ4v) is 3.91. The number of aromatic nitrogens is 2. The monoisotopic (exact) mass is 422 g/mol. The average Bonchev–Trinajstić information content (AvgIpc) is 2.78. The molecule has 0 spiro atoms. The Kier molecular flexibility index (Phi) is 5.56. The van der Waals surface area contributed by atoms with E-state index in [1.807, 2.05) is 31.3 Å². The molecule has 3 aromatic rings. The highest BCUT2D eigenvalue weighted by Gasteiger charge is 2.31. The van der Waals surface area contributed by atoms with Gasteiger partial charge in [-0.15, -0.1) is 0 Å². The zero-order chi connectivity index (χ0) is 22.1. The van der Waals surface area contributed by atoms with Gasteiger partial charge in [0, 0.05) is 20.1 Å². The van der Waals surface area contributed by atoms with Crippen LogP contribution in [-0.4, -0.2) is 39.1 Å². The zero-order valence-corrected chi connectivity index (χ0v) is 17.3. The van der Waals surface area contributed by atoms with E-state index in [2.05, 4.69) is 15.2 Å². The molecule has 2 N–H and O–H groups in total. The van der Waals surface area contributed by atoms with Crippen molar-refractivity contribution >= 4 is 5.91 Å². The molecule has 0 radical (unpaired) electrons. The zero-order valence-electron chi connectivity index (χ0n) is 17.3. The van der Waals surface area contributed by atoms with Crippen LogP contribution in [0.1, 0.15) is 39.0 Å². The second-order valence-electron chi connectivity index (χ2n) is 7.67. The van der Waals surface area contributed by atoms with Crippen molar-refractivity contribution in [3.63, 3.8) is 0 Å². The Bertz CT molecular complexity index is 1190. The van der Waals surface area contributed by atoms with Crippen molar-refractivity contribution in [1.82, 2.24) is 19.8 Å². The lowest BCUT2D eigenvalue weighted by molar-refractivity contribution is 0.0941. The first-order valence-electron chi connectivity index (χ1n) is 9.97. The molecule has 0 fully saturated rings. The molecule has 2 aromatic carbocycles. The molecule has 2 heterocycles. The quantitative estimate of drug-likeness (QED) is 0.673. The van der Waals surface area contributed by atoms with Gasteiger partial charge >= 0.3 is 0 Å². The molecule has 7 nitrogen and oxygen atoms in total. The minimum Gasteiger partial charge on any atom is -0.501 e. The van der Waals surface area contributed by atoms with Gasteiger partial charge in [0.15, 0.2) is 5.69 Å². The molecule has 1 aliphatic heterocycles. The van der Waals surface area contributed by atoms with Crippen molar-refractivity contribution in [2.45, 2.75) is 19.0 Å². The number of hydrogen-bond acceptors (Lipinski definition) is 5. The van der Waals surface area contributed by atoms with Crippen LogP contribution in [0.4, 0.5) is 4.39 Å². The second kappa shape index (κ2) is 8.31. The summed E-state index contributed by atoms with van der Waals surface area (Å²) in [4.78, 5) is 32.0. The molecular weight excluding hydrogens is 399 g/mol. The summed E-state index contributed by atoms with van der Waals surface area (Å²) in [5.74, 6) is -1.37. The van der Waals surface area contributed by atoms with Gasteiger partial charge in [0.05, 0.1) is 6.04 Å². The number of likely N-dealkylation sites (N-methyl/N-ethyl adjacent to an activating group) is 1. The summed E-state index contributed by atoms with van der Waals surface area (Å²) >= 11 is 0. The van der Waals surface area contributed by atoms with E-state index in [4.69, 9.17) is 0 Å². The number of hydrogen-bond donors (Lipinski definition) is 2. The molecule has 0 saturated heterocycles. The highest BCUT2D eigenvalue weighted by molar-refractivity contribution is 5.94. The smallest absolute Gasteiger partial charge is 0.296 e. The number of carbonyl (C=O) groups is 1. The van der Waals surface area contributed by atoms with Gasteiger partial charge in [-0.3, -0.25) is 19.1 Å². The van der Waals surface area contributed by atoms with Gasteiger partial charge in [-0.2, -0.15) is 0 Å². The van der Waals surface area contributed by atoms with Crippen LogP contribution >= 0.6 is 0 Å². The molecule has 31 heavy (non-hydrogen) atoms. The largest absolute Gasteiger partial charge is 0.501 e. The Morgan fingerprint density at radius 1 is 1.19 bits per heavy atom. The highest BCUT2D eigenvalue weighted by atomic mass is 19.1. The number of fused-ring (bicyclic) bond motifs is 1. The minimum atomic E-state index is -0.699. The summed E-state index contributed by atoms with van der Waals surface area (Å²) in [6, 6.07) is 13.3. The Morgan fingerprint density at radius 3 is 2.65 bits per heavy atom. The predicted molar refractivity (Wildman–Crippen MR) is 113 cm³/mol. The molecule has 1 aliphatic rings. The molecule has 0 saturated carbocycles. The van der Waals surface area contributed by atoms with Crippen molar-refractivity contribution in [3.8, 4) is 5.75 Å². The summed E-state index contributed by atoms with van der Waals surface area (Å²) in [6.45, 7) is 0.876. The molecule has 0 aliphatic carbocycles. The molecule has 1 atom stereocenters. The van der Waals surface area contributed by atoms with Gasteiger partial charge in [-0.05, 0) is 42.3 Å². The predicted octanol–water partition coefficient (Wildman–Crippen LogP) is 2.13. The summed E-state index contributed by atoms with van der Waals surface area (Å²) < 4.78 is 14.4. The summed E-state index contributed by atoms with van der Waals surface area (Å²) in [5, 5.41) is 13.0. The number of amides is 1. The topological polar surface area (TPSA) is 87.5 Å². The van der Waals surface area contributed by atoms with E-state index in [9.17, 15) is 19.1 Å². The van der Waals surface area contributed by atoms with Crippen LogP contribution in [0.25, 0.3) is 0 Å². The molecule has 1 unspecified atom stereocenters. The number of benzene rings is 2.